The van der Waals surface area contributed by atoms with Crippen molar-refractivity contribution in [3.8, 4) is 0 Å². The highest BCUT2D eigenvalue weighted by atomic mass is 31.2. The smallest absolute Gasteiger partial charge is 0.462 e. The van der Waals surface area contributed by atoms with Crippen LogP contribution in [0.25, 0.3) is 0 Å². The number of quaternary nitrogens is 1. The first-order valence-corrected chi connectivity index (χ1v) is 31.5. The zero-order valence-electron chi connectivity index (χ0n) is 47.7. The van der Waals surface area contributed by atoms with Gasteiger partial charge in [-0.05, 0) is 83.5 Å². The summed E-state index contributed by atoms with van der Waals surface area (Å²) in [6.07, 6.45) is 68.6. The summed E-state index contributed by atoms with van der Waals surface area (Å²) in [5.41, 5.74) is 0. The van der Waals surface area contributed by atoms with Gasteiger partial charge in [0, 0.05) is 12.8 Å². The van der Waals surface area contributed by atoms with Crippen LogP contribution in [-0.4, -0.2) is 74.9 Å². The molecule has 420 valence electrons. The molecule has 0 fully saturated rings. The highest BCUT2D eigenvalue weighted by Crippen LogP contribution is 2.43. The van der Waals surface area contributed by atoms with Crippen molar-refractivity contribution in [2.24, 2.45) is 0 Å². The number of carbonyl (C=O) groups is 2. The zero-order valence-corrected chi connectivity index (χ0v) is 48.6. The third kappa shape index (κ3) is 57.0. The molecular formula is C62H115NO8P+. The Balaban J connectivity index is 4.16. The van der Waals surface area contributed by atoms with Crippen LogP contribution >= 0.6 is 7.82 Å². The molecule has 0 saturated carbocycles. The number of rotatable bonds is 55. The Morgan fingerprint density at radius 3 is 1.11 bits per heavy atom. The normalized spacial score (nSPS) is 13.7. The number of hydrogen-bond donors (Lipinski definition) is 1. The van der Waals surface area contributed by atoms with Crippen molar-refractivity contribution in [1.29, 1.82) is 0 Å². The maximum atomic E-state index is 12.8. The van der Waals surface area contributed by atoms with E-state index in [1.807, 2.05) is 21.1 Å². The molecule has 0 aliphatic rings. The van der Waals surface area contributed by atoms with Crippen LogP contribution in [-0.2, 0) is 32.7 Å². The average Bonchev–Trinajstić information content (AvgIpc) is 3.34. The Morgan fingerprint density at radius 2 is 0.750 bits per heavy atom. The Kier molecular flexibility index (Phi) is 51.8. The lowest BCUT2D eigenvalue weighted by molar-refractivity contribution is -0.870. The molecule has 0 aromatic carbocycles. The largest absolute Gasteiger partial charge is 0.472 e. The Labute approximate surface area is 445 Å². The fourth-order valence-electron chi connectivity index (χ4n) is 8.35. The van der Waals surface area contributed by atoms with Gasteiger partial charge in [-0.15, -0.1) is 0 Å². The predicted molar refractivity (Wildman–Crippen MR) is 307 cm³/mol. The van der Waals surface area contributed by atoms with Crippen LogP contribution in [0.4, 0.5) is 0 Å². The third-order valence-electron chi connectivity index (χ3n) is 13.0. The molecule has 9 nitrogen and oxygen atoms in total. The lowest BCUT2D eigenvalue weighted by Gasteiger charge is -2.24. The minimum Gasteiger partial charge on any atom is -0.462 e. The van der Waals surface area contributed by atoms with Crippen LogP contribution < -0.4 is 0 Å². The maximum absolute atomic E-state index is 12.8. The summed E-state index contributed by atoms with van der Waals surface area (Å²) in [5, 5.41) is 0. The molecule has 0 saturated heterocycles. The van der Waals surface area contributed by atoms with E-state index in [9.17, 15) is 19.0 Å². The van der Waals surface area contributed by atoms with Crippen molar-refractivity contribution in [2.45, 2.75) is 277 Å². The van der Waals surface area contributed by atoms with E-state index in [0.717, 1.165) is 64.2 Å². The second-order valence-corrected chi connectivity index (χ2v) is 22.8. The summed E-state index contributed by atoms with van der Waals surface area (Å²) in [5.74, 6) is -0.800. The third-order valence-corrected chi connectivity index (χ3v) is 14.0. The summed E-state index contributed by atoms with van der Waals surface area (Å²) in [6, 6.07) is 0. The van der Waals surface area contributed by atoms with Crippen LogP contribution in [0.5, 0.6) is 0 Å². The lowest BCUT2D eigenvalue weighted by atomic mass is 10.0. The van der Waals surface area contributed by atoms with E-state index in [1.165, 1.54) is 173 Å². The molecule has 0 heterocycles. The number of carbonyl (C=O) groups excluding carboxylic acids is 2. The van der Waals surface area contributed by atoms with Gasteiger partial charge in [-0.25, -0.2) is 4.57 Å². The van der Waals surface area contributed by atoms with E-state index in [2.05, 4.69) is 74.6 Å². The first kappa shape index (κ1) is 69.7. The summed E-state index contributed by atoms with van der Waals surface area (Å²) < 4.78 is 34.6. The number of phosphoric ester groups is 1. The molecule has 0 bridgehead atoms. The van der Waals surface area contributed by atoms with Gasteiger partial charge in [0.25, 0.3) is 0 Å². The number of esters is 2. The van der Waals surface area contributed by atoms with Gasteiger partial charge in [-0.1, -0.05) is 235 Å². The van der Waals surface area contributed by atoms with Crippen LogP contribution in [0.15, 0.2) is 60.8 Å². The molecule has 72 heavy (non-hydrogen) atoms. The fraction of sp³-hybridized carbons (Fsp3) is 0.806. The highest BCUT2D eigenvalue weighted by molar-refractivity contribution is 7.47. The second kappa shape index (κ2) is 53.5. The second-order valence-electron chi connectivity index (χ2n) is 21.4. The minimum atomic E-state index is -4.39. The van der Waals surface area contributed by atoms with Crippen molar-refractivity contribution in [3.05, 3.63) is 60.8 Å². The van der Waals surface area contributed by atoms with Crippen LogP contribution in [0.1, 0.15) is 271 Å². The van der Waals surface area contributed by atoms with E-state index in [1.54, 1.807) is 0 Å². The number of hydrogen-bond acceptors (Lipinski definition) is 7. The number of nitrogens with zero attached hydrogens (tertiary/aromatic N) is 1. The molecule has 0 aliphatic carbocycles. The van der Waals surface area contributed by atoms with Gasteiger partial charge in [0.1, 0.15) is 19.8 Å². The lowest BCUT2D eigenvalue weighted by Crippen LogP contribution is -2.37. The van der Waals surface area contributed by atoms with E-state index in [0.29, 0.717) is 17.4 Å². The fourth-order valence-corrected chi connectivity index (χ4v) is 9.09. The molecule has 0 rings (SSSR count). The molecule has 0 aromatic heterocycles. The first-order chi connectivity index (χ1) is 35.0. The molecule has 2 unspecified atom stereocenters. The number of ether oxygens (including phenoxy) is 2. The van der Waals surface area contributed by atoms with Gasteiger partial charge >= 0.3 is 19.8 Å². The Hall–Kier alpha value is -2.29. The standard InChI is InChI=1S/C62H114NO8P/c1-6-8-10-12-14-16-18-20-22-24-26-28-30-31-33-34-36-38-40-42-44-46-48-50-52-54-61(64)68-58-60(59-70-72(66,67)69-57-56-63(3,4)5)71-62(65)55-53-51-49-47-45-43-41-39-37-35-32-29-27-25-23-21-19-17-15-13-11-9-7-2/h18-21,24-27,32,35,60H,6-17,22-23,28-31,33-34,36-59H2,1-5H3/p+1/b20-18-,21-19-,26-24-,27-25-,35-32-. The van der Waals surface area contributed by atoms with E-state index < -0.39 is 26.5 Å². The summed E-state index contributed by atoms with van der Waals surface area (Å²) >= 11 is 0. The Bertz CT molecular complexity index is 1400. The van der Waals surface area contributed by atoms with Crippen LogP contribution in [0.2, 0.25) is 0 Å². The van der Waals surface area contributed by atoms with Gasteiger partial charge < -0.3 is 18.9 Å². The molecule has 10 heteroatoms. The minimum absolute atomic E-state index is 0.0286. The van der Waals surface area contributed by atoms with E-state index in [4.69, 9.17) is 18.5 Å². The molecule has 0 aromatic rings. The van der Waals surface area contributed by atoms with Crippen LogP contribution in [0, 0.1) is 0 Å². The van der Waals surface area contributed by atoms with E-state index in [-0.39, 0.29) is 32.0 Å². The van der Waals surface area contributed by atoms with Crippen molar-refractivity contribution in [3.63, 3.8) is 0 Å². The van der Waals surface area contributed by atoms with Gasteiger partial charge in [0.15, 0.2) is 6.10 Å². The van der Waals surface area contributed by atoms with Gasteiger partial charge in [-0.3, -0.25) is 18.6 Å². The Morgan fingerprint density at radius 1 is 0.431 bits per heavy atom. The zero-order chi connectivity index (χ0) is 52.7. The van der Waals surface area contributed by atoms with Crippen molar-refractivity contribution < 1.29 is 42.1 Å². The highest BCUT2D eigenvalue weighted by Gasteiger charge is 2.27. The van der Waals surface area contributed by atoms with Gasteiger partial charge in [-0.2, -0.15) is 0 Å². The monoisotopic (exact) mass is 1030 g/mol. The summed E-state index contributed by atoms with van der Waals surface area (Å²) in [7, 11) is 1.47. The van der Waals surface area contributed by atoms with Gasteiger partial charge in [0.05, 0.1) is 27.7 Å². The number of phosphoric acid groups is 1. The van der Waals surface area contributed by atoms with Crippen molar-refractivity contribution in [1.82, 2.24) is 0 Å². The summed E-state index contributed by atoms with van der Waals surface area (Å²) in [4.78, 5) is 35.7. The SMILES string of the molecule is CCCCCCC/C=C\C/C=C\C/C=C\CCCCCCCCCCC(=O)OC(COC(=O)CCCCCCCCCCCCCCC/C=C\C/C=C\CCCCCCC)COP(=O)(O)OCC[N+](C)(C)C. The van der Waals surface area contributed by atoms with Crippen molar-refractivity contribution in [2.75, 3.05) is 47.5 Å². The molecular weight excluding hydrogens is 918 g/mol. The van der Waals surface area contributed by atoms with Gasteiger partial charge in [0.2, 0.25) is 0 Å². The number of likely N-dealkylation sites (N-methyl/N-ethyl adjacent to an activating group) is 1. The molecule has 0 aliphatic heterocycles. The molecule has 1 N–H and O–H groups in total. The molecule has 0 spiro atoms. The maximum Gasteiger partial charge on any atom is 0.472 e. The summed E-state index contributed by atoms with van der Waals surface area (Å²) in [6.45, 7) is 4.43. The number of allylic oxidation sites excluding steroid dienone is 10. The van der Waals surface area contributed by atoms with Crippen LogP contribution in [0.3, 0.4) is 0 Å². The molecule has 2 atom stereocenters. The van der Waals surface area contributed by atoms with E-state index >= 15 is 0 Å². The topological polar surface area (TPSA) is 108 Å². The quantitative estimate of drug-likeness (QED) is 0.0211. The average molecular weight is 1030 g/mol. The molecule has 0 amide bonds. The van der Waals surface area contributed by atoms with Crippen molar-refractivity contribution >= 4 is 19.8 Å². The molecule has 0 radical (unpaired) electrons. The first-order valence-electron chi connectivity index (χ1n) is 30.0. The predicted octanol–water partition coefficient (Wildman–Crippen LogP) is 18.7. The number of unbranched alkanes of at least 4 members (excludes halogenated alkanes) is 31.